The Morgan fingerprint density at radius 3 is 2.62 bits per heavy atom. The van der Waals surface area contributed by atoms with Crippen LogP contribution < -0.4 is 19.7 Å². The van der Waals surface area contributed by atoms with Gasteiger partial charge >= 0.3 is 12.1 Å². The van der Waals surface area contributed by atoms with Crippen LogP contribution in [0.5, 0.6) is 11.5 Å². The number of ether oxygens (including phenoxy) is 1. The zero-order valence-electron chi connectivity index (χ0n) is 16.7. The number of carbonyl (C=O) groups excluding carboxylic acids is 1. The first kappa shape index (κ1) is 22.5. The number of para-hydroxylation sites is 1. The number of carbonyl (C=O) groups is 1. The van der Waals surface area contributed by atoms with Gasteiger partial charge in [-0.1, -0.05) is 29.8 Å². The van der Waals surface area contributed by atoms with Crippen molar-refractivity contribution in [2.45, 2.75) is 31.1 Å². The van der Waals surface area contributed by atoms with E-state index < -0.39 is 34.2 Å². The Morgan fingerprint density at radius 2 is 1.94 bits per heavy atom. The fourth-order valence-electron chi connectivity index (χ4n) is 4.12. The fraction of sp³-hybridized carbons (Fsp3) is 0.350. The number of piperidine rings is 1. The summed E-state index contributed by atoms with van der Waals surface area (Å²) in [5.74, 6) is -1.32. The summed E-state index contributed by atoms with van der Waals surface area (Å²) in [6.07, 6.45) is -3.16. The molecule has 0 spiro atoms. The number of hydrogen-bond acceptors (Lipinski definition) is 5. The fourth-order valence-corrected chi connectivity index (χ4v) is 4.94. The third-order valence-corrected chi connectivity index (χ3v) is 6.22. The van der Waals surface area contributed by atoms with Crippen LogP contribution in [0, 0.1) is 0 Å². The molecule has 172 valence electrons. The molecule has 1 fully saturated rings. The lowest BCUT2D eigenvalue weighted by Crippen LogP contribution is -2.52. The Bertz CT molecular complexity index is 1170. The van der Waals surface area contributed by atoms with Gasteiger partial charge in [-0.3, -0.25) is 9.52 Å². The number of nitrogens with one attached hydrogen (secondary N) is 2. The molecule has 0 bridgehead atoms. The molecule has 12 heteroatoms. The van der Waals surface area contributed by atoms with Crippen LogP contribution in [0.25, 0.3) is 0 Å². The van der Waals surface area contributed by atoms with Crippen LogP contribution in [0.2, 0.25) is 5.02 Å². The molecule has 32 heavy (non-hydrogen) atoms. The highest BCUT2D eigenvalue weighted by Crippen LogP contribution is 2.49. The van der Waals surface area contributed by atoms with E-state index in [1.54, 1.807) is 24.3 Å². The third kappa shape index (κ3) is 4.44. The predicted octanol–water partition coefficient (Wildman–Crippen LogP) is 4.21. The standard InChI is InChI=1S/C20H19ClF3N3O4S/c1-32(29,30)26-14-10-17-15(9-12(14)21)27-8-4-6-13(25-19(28)20(22,23)24)18(27)11-5-2-3-7-16(11)31-17/h2-3,5,7,9-10,13,18,26H,4,6,8H2,1H3,(H,25,28)/t13-,18-/m1/s1. The summed E-state index contributed by atoms with van der Waals surface area (Å²) in [5.41, 5.74) is 1.20. The molecule has 0 unspecified atom stereocenters. The van der Waals surface area contributed by atoms with Gasteiger partial charge in [-0.05, 0) is 25.0 Å². The number of halogens is 4. The molecule has 2 N–H and O–H groups in total. The van der Waals surface area contributed by atoms with E-state index in [0.29, 0.717) is 42.1 Å². The summed E-state index contributed by atoms with van der Waals surface area (Å²) < 4.78 is 70.6. The second-order valence-corrected chi connectivity index (χ2v) is 9.83. The minimum absolute atomic E-state index is 0.101. The van der Waals surface area contributed by atoms with E-state index >= 15 is 0 Å². The number of amides is 1. The maximum Gasteiger partial charge on any atom is 0.471 e. The van der Waals surface area contributed by atoms with E-state index in [1.807, 2.05) is 4.90 Å². The van der Waals surface area contributed by atoms with Gasteiger partial charge in [0.2, 0.25) is 10.0 Å². The Labute approximate surface area is 187 Å². The van der Waals surface area contributed by atoms with E-state index in [4.69, 9.17) is 16.3 Å². The summed E-state index contributed by atoms with van der Waals surface area (Å²) in [6.45, 7) is 0.475. The third-order valence-electron chi connectivity index (χ3n) is 5.32. The Kier molecular flexibility index (Phi) is 5.66. The molecular formula is C20H19ClF3N3O4S. The van der Waals surface area contributed by atoms with Crippen LogP contribution in [0.4, 0.5) is 24.5 Å². The molecule has 2 heterocycles. The normalized spacial score (nSPS) is 20.2. The van der Waals surface area contributed by atoms with Crippen molar-refractivity contribution in [3.8, 4) is 11.5 Å². The van der Waals surface area contributed by atoms with Crippen LogP contribution >= 0.6 is 11.6 Å². The zero-order chi connectivity index (χ0) is 23.3. The molecule has 0 radical (unpaired) electrons. The Hall–Kier alpha value is -2.66. The van der Waals surface area contributed by atoms with Crippen molar-refractivity contribution >= 4 is 38.9 Å². The van der Waals surface area contributed by atoms with E-state index in [1.165, 1.54) is 12.1 Å². The largest absolute Gasteiger partial charge is 0.471 e. The number of alkyl halides is 3. The van der Waals surface area contributed by atoms with Gasteiger partial charge in [0.05, 0.1) is 34.7 Å². The Morgan fingerprint density at radius 1 is 1.22 bits per heavy atom. The number of benzene rings is 2. The zero-order valence-corrected chi connectivity index (χ0v) is 18.3. The number of fused-ring (bicyclic) bond motifs is 5. The van der Waals surface area contributed by atoms with Crippen molar-refractivity contribution in [2.24, 2.45) is 0 Å². The number of rotatable bonds is 3. The topological polar surface area (TPSA) is 87.7 Å². The van der Waals surface area contributed by atoms with Crippen LogP contribution in [-0.2, 0) is 14.8 Å². The summed E-state index contributed by atoms with van der Waals surface area (Å²) in [4.78, 5) is 13.5. The van der Waals surface area contributed by atoms with Crippen molar-refractivity contribution in [1.82, 2.24) is 5.32 Å². The molecule has 0 saturated carbocycles. The van der Waals surface area contributed by atoms with Crippen molar-refractivity contribution in [3.05, 3.63) is 47.0 Å². The molecule has 4 rings (SSSR count). The minimum Gasteiger partial charge on any atom is -0.455 e. The minimum atomic E-state index is -5.00. The highest BCUT2D eigenvalue weighted by atomic mass is 35.5. The second-order valence-electron chi connectivity index (χ2n) is 7.67. The molecule has 7 nitrogen and oxygen atoms in total. The van der Waals surface area contributed by atoms with Gasteiger partial charge < -0.3 is 15.0 Å². The quantitative estimate of drug-likeness (QED) is 0.674. The molecule has 1 amide bonds. The molecule has 2 aromatic carbocycles. The SMILES string of the molecule is CS(=O)(=O)Nc1cc2c(cc1Cl)N1CCC[C@@H](NC(=O)C(F)(F)F)[C@H]1c1ccccc1O2. The van der Waals surface area contributed by atoms with E-state index in [-0.39, 0.29) is 10.7 Å². The van der Waals surface area contributed by atoms with Crippen LogP contribution in [-0.4, -0.2) is 39.3 Å². The first-order chi connectivity index (χ1) is 14.9. The van der Waals surface area contributed by atoms with Crippen LogP contribution in [0.3, 0.4) is 0 Å². The van der Waals surface area contributed by atoms with Gasteiger partial charge in [0.1, 0.15) is 5.75 Å². The van der Waals surface area contributed by atoms with E-state index in [2.05, 4.69) is 10.0 Å². The Balaban J connectivity index is 1.82. The number of hydrogen-bond donors (Lipinski definition) is 2. The highest BCUT2D eigenvalue weighted by molar-refractivity contribution is 7.92. The van der Waals surface area contributed by atoms with Gasteiger partial charge in [0, 0.05) is 18.2 Å². The van der Waals surface area contributed by atoms with Crippen molar-refractivity contribution in [3.63, 3.8) is 0 Å². The molecule has 0 aliphatic carbocycles. The summed E-state index contributed by atoms with van der Waals surface area (Å²) in [7, 11) is -3.61. The van der Waals surface area contributed by atoms with Gasteiger partial charge in [-0.15, -0.1) is 0 Å². The van der Waals surface area contributed by atoms with Crippen molar-refractivity contribution in [2.75, 3.05) is 22.4 Å². The summed E-state index contributed by atoms with van der Waals surface area (Å²) >= 11 is 6.32. The van der Waals surface area contributed by atoms with Crippen molar-refractivity contribution < 1.29 is 31.1 Å². The molecule has 2 aromatic rings. The average molecular weight is 490 g/mol. The van der Waals surface area contributed by atoms with Crippen LogP contribution in [0.15, 0.2) is 36.4 Å². The highest BCUT2D eigenvalue weighted by Gasteiger charge is 2.44. The van der Waals surface area contributed by atoms with Crippen molar-refractivity contribution in [1.29, 1.82) is 0 Å². The summed E-state index contributed by atoms with van der Waals surface area (Å²) in [5, 5.41) is 2.23. The predicted molar refractivity (Wildman–Crippen MR) is 114 cm³/mol. The molecule has 0 aromatic heterocycles. The lowest BCUT2D eigenvalue weighted by molar-refractivity contribution is -0.174. The lowest BCUT2D eigenvalue weighted by Gasteiger charge is -2.42. The van der Waals surface area contributed by atoms with Gasteiger partial charge in [-0.2, -0.15) is 13.2 Å². The monoisotopic (exact) mass is 489 g/mol. The van der Waals surface area contributed by atoms with Gasteiger partial charge in [-0.25, -0.2) is 8.42 Å². The first-order valence-electron chi connectivity index (χ1n) is 9.66. The van der Waals surface area contributed by atoms with Gasteiger partial charge in [0.25, 0.3) is 0 Å². The smallest absolute Gasteiger partial charge is 0.455 e. The number of anilines is 2. The number of sulfonamides is 1. The molecule has 1 saturated heterocycles. The number of nitrogens with zero attached hydrogens (tertiary/aromatic N) is 1. The average Bonchev–Trinajstić information content (AvgIpc) is 2.82. The van der Waals surface area contributed by atoms with Gasteiger partial charge in [0.15, 0.2) is 5.75 Å². The summed E-state index contributed by atoms with van der Waals surface area (Å²) in [6, 6.07) is 8.32. The lowest BCUT2D eigenvalue weighted by atomic mass is 9.89. The van der Waals surface area contributed by atoms with E-state index in [9.17, 15) is 26.4 Å². The second kappa shape index (κ2) is 8.04. The molecule has 2 aliphatic heterocycles. The van der Waals surface area contributed by atoms with E-state index in [0.717, 1.165) is 6.26 Å². The van der Waals surface area contributed by atoms with Crippen LogP contribution in [0.1, 0.15) is 24.4 Å². The molecule has 2 atom stereocenters. The maximum absolute atomic E-state index is 13.0. The first-order valence-corrected chi connectivity index (χ1v) is 11.9. The molecule has 2 aliphatic rings. The molecular weight excluding hydrogens is 471 g/mol. The maximum atomic E-state index is 13.0.